The minimum Gasteiger partial charge on any atom is -0.334 e. The van der Waals surface area contributed by atoms with Gasteiger partial charge in [-0.2, -0.15) is 0 Å². The van der Waals surface area contributed by atoms with Gasteiger partial charge in [0.1, 0.15) is 5.82 Å². The summed E-state index contributed by atoms with van der Waals surface area (Å²) in [5.41, 5.74) is 0.417. The van der Waals surface area contributed by atoms with Crippen LogP contribution in [-0.2, 0) is 11.3 Å². The van der Waals surface area contributed by atoms with E-state index in [1.165, 1.54) is 6.07 Å². The second-order valence-corrected chi connectivity index (χ2v) is 6.61. The van der Waals surface area contributed by atoms with Gasteiger partial charge in [0.25, 0.3) is 0 Å². The standard InChI is InChI=1S/C14H16ClFN2OS/c15-11-2-1-3-12(16)10(11)6-18(9-4-5-9)14(19)13-7-20-8-17-13/h1-3,9,13,17H,4-8H2. The molecule has 1 amide bonds. The molecule has 108 valence electrons. The number of nitrogens with one attached hydrogen (secondary N) is 1. The third-order valence-corrected chi connectivity index (χ3v) is 4.97. The van der Waals surface area contributed by atoms with Crippen molar-refractivity contribution in [3.05, 3.63) is 34.6 Å². The van der Waals surface area contributed by atoms with Crippen molar-refractivity contribution in [1.82, 2.24) is 10.2 Å². The summed E-state index contributed by atoms with van der Waals surface area (Å²) in [6.07, 6.45) is 2.00. The van der Waals surface area contributed by atoms with Crippen molar-refractivity contribution < 1.29 is 9.18 Å². The lowest BCUT2D eigenvalue weighted by Crippen LogP contribution is -2.45. The molecule has 1 N–H and O–H groups in total. The van der Waals surface area contributed by atoms with E-state index in [0.717, 1.165) is 24.5 Å². The lowest BCUT2D eigenvalue weighted by molar-refractivity contribution is -0.133. The first kappa shape index (κ1) is 14.2. The van der Waals surface area contributed by atoms with Crippen LogP contribution in [0.3, 0.4) is 0 Å². The number of benzene rings is 1. The van der Waals surface area contributed by atoms with E-state index in [1.54, 1.807) is 28.8 Å². The largest absolute Gasteiger partial charge is 0.334 e. The molecule has 20 heavy (non-hydrogen) atoms. The van der Waals surface area contributed by atoms with E-state index in [2.05, 4.69) is 5.32 Å². The fourth-order valence-corrected chi connectivity index (χ4v) is 3.54. The van der Waals surface area contributed by atoms with Crippen molar-refractivity contribution in [3.8, 4) is 0 Å². The smallest absolute Gasteiger partial charge is 0.241 e. The monoisotopic (exact) mass is 314 g/mol. The molecular formula is C14H16ClFN2OS. The zero-order chi connectivity index (χ0) is 14.1. The highest BCUT2D eigenvalue weighted by atomic mass is 35.5. The number of thioether (sulfide) groups is 1. The number of hydrogen-bond donors (Lipinski definition) is 1. The number of amides is 1. The van der Waals surface area contributed by atoms with Gasteiger partial charge in [-0.15, -0.1) is 11.8 Å². The summed E-state index contributed by atoms with van der Waals surface area (Å²) in [6, 6.07) is 4.73. The molecule has 1 aromatic rings. The number of nitrogens with zero attached hydrogens (tertiary/aromatic N) is 1. The molecule has 0 aromatic heterocycles. The molecule has 1 aliphatic heterocycles. The van der Waals surface area contributed by atoms with Gasteiger partial charge in [0.05, 0.1) is 12.6 Å². The summed E-state index contributed by atoms with van der Waals surface area (Å²) in [4.78, 5) is 14.3. The maximum atomic E-state index is 13.9. The minimum absolute atomic E-state index is 0.0665. The number of carbonyl (C=O) groups is 1. The van der Waals surface area contributed by atoms with Gasteiger partial charge in [0.2, 0.25) is 5.91 Å². The average Bonchev–Trinajstić information content (AvgIpc) is 3.11. The predicted molar refractivity (Wildman–Crippen MR) is 79.2 cm³/mol. The normalized spacial score (nSPS) is 22.0. The molecule has 1 aliphatic carbocycles. The molecule has 1 atom stereocenters. The maximum Gasteiger partial charge on any atom is 0.241 e. The quantitative estimate of drug-likeness (QED) is 0.927. The van der Waals surface area contributed by atoms with Crippen LogP contribution in [0.15, 0.2) is 18.2 Å². The Bertz CT molecular complexity index is 498. The lowest BCUT2D eigenvalue weighted by atomic mass is 10.1. The molecule has 1 saturated heterocycles. The van der Waals surface area contributed by atoms with Crippen LogP contribution in [0, 0.1) is 5.82 Å². The third-order valence-electron chi connectivity index (χ3n) is 3.68. The first-order valence-electron chi connectivity index (χ1n) is 6.71. The molecule has 1 saturated carbocycles. The fraction of sp³-hybridized carbons (Fsp3) is 0.500. The highest BCUT2D eigenvalue weighted by Gasteiger charge is 2.37. The summed E-state index contributed by atoms with van der Waals surface area (Å²) < 4.78 is 13.9. The molecule has 1 unspecified atom stereocenters. The SMILES string of the molecule is O=C(C1CSCN1)N(Cc1c(F)cccc1Cl)C1CC1. The van der Waals surface area contributed by atoms with Crippen molar-refractivity contribution >= 4 is 29.3 Å². The predicted octanol–water partition coefficient (Wildman–Crippen LogP) is 2.63. The van der Waals surface area contributed by atoms with E-state index in [1.807, 2.05) is 0 Å². The fourth-order valence-electron chi connectivity index (χ4n) is 2.38. The van der Waals surface area contributed by atoms with Crippen LogP contribution in [0.1, 0.15) is 18.4 Å². The molecule has 6 heteroatoms. The Morgan fingerprint density at radius 3 is 2.90 bits per heavy atom. The van der Waals surface area contributed by atoms with E-state index in [0.29, 0.717) is 10.6 Å². The van der Waals surface area contributed by atoms with Gasteiger partial charge in [-0.05, 0) is 25.0 Å². The van der Waals surface area contributed by atoms with Gasteiger partial charge in [-0.3, -0.25) is 10.1 Å². The van der Waals surface area contributed by atoms with Gasteiger partial charge in [0, 0.05) is 28.3 Å². The first-order chi connectivity index (χ1) is 9.66. The van der Waals surface area contributed by atoms with E-state index >= 15 is 0 Å². The summed E-state index contributed by atoms with van der Waals surface area (Å²) >= 11 is 7.78. The summed E-state index contributed by atoms with van der Waals surface area (Å²) in [5.74, 6) is 1.31. The molecule has 0 radical (unpaired) electrons. The molecule has 3 rings (SSSR count). The van der Waals surface area contributed by atoms with Crippen LogP contribution in [0.25, 0.3) is 0 Å². The number of carbonyl (C=O) groups excluding carboxylic acids is 1. The number of halogens is 2. The molecule has 0 spiro atoms. The third kappa shape index (κ3) is 2.95. The van der Waals surface area contributed by atoms with Crippen LogP contribution < -0.4 is 5.32 Å². The van der Waals surface area contributed by atoms with Crippen molar-refractivity contribution in [2.45, 2.75) is 31.5 Å². The highest BCUT2D eigenvalue weighted by Crippen LogP contribution is 2.31. The molecule has 1 heterocycles. The van der Waals surface area contributed by atoms with E-state index < -0.39 is 0 Å². The van der Waals surface area contributed by atoms with Gasteiger partial charge in [-0.1, -0.05) is 17.7 Å². The Hall–Kier alpha value is -0.780. The van der Waals surface area contributed by atoms with Crippen LogP contribution in [0.4, 0.5) is 4.39 Å². The molecule has 2 fully saturated rings. The maximum absolute atomic E-state index is 13.9. The van der Waals surface area contributed by atoms with Crippen LogP contribution in [0.5, 0.6) is 0 Å². The second-order valence-electron chi connectivity index (χ2n) is 5.17. The average molecular weight is 315 g/mol. The zero-order valence-electron chi connectivity index (χ0n) is 10.9. The Morgan fingerprint density at radius 1 is 1.50 bits per heavy atom. The minimum atomic E-state index is -0.343. The Morgan fingerprint density at radius 2 is 2.30 bits per heavy atom. The topological polar surface area (TPSA) is 32.3 Å². The van der Waals surface area contributed by atoms with E-state index in [9.17, 15) is 9.18 Å². The Kier molecular flexibility index (Phi) is 4.19. The van der Waals surface area contributed by atoms with Crippen LogP contribution >= 0.6 is 23.4 Å². The molecule has 3 nitrogen and oxygen atoms in total. The number of hydrogen-bond acceptors (Lipinski definition) is 3. The Balaban J connectivity index is 1.79. The van der Waals surface area contributed by atoms with Crippen molar-refractivity contribution in [2.75, 3.05) is 11.6 Å². The molecule has 2 aliphatic rings. The molecule has 1 aromatic carbocycles. The molecular weight excluding hydrogens is 299 g/mol. The van der Waals surface area contributed by atoms with E-state index in [-0.39, 0.29) is 30.4 Å². The summed E-state index contributed by atoms with van der Waals surface area (Å²) in [5, 5.41) is 3.57. The first-order valence-corrected chi connectivity index (χ1v) is 8.24. The van der Waals surface area contributed by atoms with Gasteiger partial charge >= 0.3 is 0 Å². The van der Waals surface area contributed by atoms with Crippen LogP contribution in [-0.4, -0.2) is 34.5 Å². The van der Waals surface area contributed by atoms with Crippen molar-refractivity contribution in [2.24, 2.45) is 0 Å². The number of rotatable bonds is 4. The second kappa shape index (κ2) is 5.92. The summed E-state index contributed by atoms with van der Waals surface area (Å²) in [7, 11) is 0. The lowest BCUT2D eigenvalue weighted by Gasteiger charge is -2.26. The van der Waals surface area contributed by atoms with E-state index in [4.69, 9.17) is 11.6 Å². The van der Waals surface area contributed by atoms with Gasteiger partial charge < -0.3 is 4.90 Å². The van der Waals surface area contributed by atoms with Gasteiger partial charge in [-0.25, -0.2) is 4.39 Å². The highest BCUT2D eigenvalue weighted by molar-refractivity contribution is 7.99. The summed E-state index contributed by atoms with van der Waals surface area (Å²) in [6.45, 7) is 0.262. The Labute approximate surface area is 126 Å². The van der Waals surface area contributed by atoms with Gasteiger partial charge in [0.15, 0.2) is 0 Å². The van der Waals surface area contributed by atoms with Crippen molar-refractivity contribution in [1.29, 1.82) is 0 Å². The molecule has 0 bridgehead atoms. The van der Waals surface area contributed by atoms with Crippen molar-refractivity contribution in [3.63, 3.8) is 0 Å². The zero-order valence-corrected chi connectivity index (χ0v) is 12.5. The van der Waals surface area contributed by atoms with Crippen LogP contribution in [0.2, 0.25) is 5.02 Å².